The second kappa shape index (κ2) is 16.4. The van der Waals surface area contributed by atoms with Gasteiger partial charge in [-0.3, -0.25) is 9.59 Å². The number of ether oxygens (including phenoxy) is 2. The van der Waals surface area contributed by atoms with Crippen LogP contribution in [-0.4, -0.2) is 18.5 Å². The van der Waals surface area contributed by atoms with E-state index in [1.165, 1.54) is 63.5 Å². The summed E-state index contributed by atoms with van der Waals surface area (Å²) in [5.74, 6) is -0.981. The lowest BCUT2D eigenvalue weighted by atomic mass is 9.82. The SMILES string of the molecule is CCCCCCCCCCCCCOC(=O)C(CC)(CC)C(=O)Oc1ccc(Cl)cc1Cl. The van der Waals surface area contributed by atoms with Gasteiger partial charge in [0.1, 0.15) is 5.75 Å². The number of halogens is 2. The quantitative estimate of drug-likeness (QED) is 0.0956. The van der Waals surface area contributed by atoms with E-state index in [1.54, 1.807) is 19.9 Å². The summed E-state index contributed by atoms with van der Waals surface area (Å²) in [6.45, 7) is 6.15. The van der Waals surface area contributed by atoms with Gasteiger partial charge in [-0.2, -0.15) is 0 Å². The van der Waals surface area contributed by atoms with Gasteiger partial charge in [-0.15, -0.1) is 0 Å². The molecule has 0 saturated heterocycles. The summed E-state index contributed by atoms with van der Waals surface area (Å²) < 4.78 is 10.9. The van der Waals surface area contributed by atoms with Crippen molar-refractivity contribution in [2.75, 3.05) is 6.61 Å². The molecular weight excluding hydrogens is 447 g/mol. The van der Waals surface area contributed by atoms with Crippen LogP contribution in [0.15, 0.2) is 18.2 Å². The van der Waals surface area contributed by atoms with E-state index in [0.29, 0.717) is 24.5 Å². The summed E-state index contributed by atoms with van der Waals surface area (Å²) in [7, 11) is 0. The van der Waals surface area contributed by atoms with E-state index in [1.807, 2.05) is 0 Å². The first-order chi connectivity index (χ1) is 15.4. The van der Waals surface area contributed by atoms with Gasteiger partial charge in [0.2, 0.25) is 0 Å². The predicted octanol–water partition coefficient (Wildman–Crippen LogP) is 8.56. The Balaban J connectivity index is 2.36. The molecule has 32 heavy (non-hydrogen) atoms. The van der Waals surface area contributed by atoms with Crippen LogP contribution in [0.4, 0.5) is 0 Å². The molecule has 182 valence electrons. The highest BCUT2D eigenvalue weighted by molar-refractivity contribution is 6.35. The third-order valence-corrected chi connectivity index (χ3v) is 6.60. The maximum atomic E-state index is 12.9. The highest BCUT2D eigenvalue weighted by Crippen LogP contribution is 2.34. The molecule has 1 aromatic carbocycles. The number of hydrogen-bond acceptors (Lipinski definition) is 4. The standard InChI is InChI=1S/C26H40Cl2O4/c1-4-7-8-9-10-11-12-13-14-15-16-19-31-24(29)26(5-2,6-3)25(30)32-23-18-17-21(27)20-22(23)28/h17-18,20H,4-16,19H2,1-3H3. The van der Waals surface area contributed by atoms with Crippen LogP contribution in [0.5, 0.6) is 5.75 Å². The highest BCUT2D eigenvalue weighted by Gasteiger charge is 2.46. The van der Waals surface area contributed by atoms with E-state index in [2.05, 4.69) is 6.92 Å². The molecule has 0 aromatic heterocycles. The minimum absolute atomic E-state index is 0.186. The Morgan fingerprint density at radius 2 is 1.31 bits per heavy atom. The van der Waals surface area contributed by atoms with Crippen LogP contribution in [0.25, 0.3) is 0 Å². The number of benzene rings is 1. The number of hydrogen-bond donors (Lipinski definition) is 0. The second-order valence-electron chi connectivity index (χ2n) is 8.42. The molecular formula is C26H40Cl2O4. The maximum Gasteiger partial charge on any atom is 0.328 e. The molecule has 0 aliphatic heterocycles. The molecule has 0 bridgehead atoms. The van der Waals surface area contributed by atoms with Gasteiger partial charge >= 0.3 is 11.9 Å². The van der Waals surface area contributed by atoms with E-state index < -0.39 is 17.4 Å². The molecule has 1 rings (SSSR count). The van der Waals surface area contributed by atoms with E-state index in [-0.39, 0.29) is 10.8 Å². The zero-order valence-corrected chi connectivity index (χ0v) is 21.5. The van der Waals surface area contributed by atoms with Gasteiger partial charge in [0, 0.05) is 5.02 Å². The summed E-state index contributed by atoms with van der Waals surface area (Å²) in [6, 6.07) is 4.60. The monoisotopic (exact) mass is 486 g/mol. The summed E-state index contributed by atoms with van der Waals surface area (Å²) in [5.41, 5.74) is -1.33. The first kappa shape index (κ1) is 28.8. The third kappa shape index (κ3) is 9.70. The Bertz CT molecular complexity index is 686. The lowest BCUT2D eigenvalue weighted by molar-refractivity contribution is -0.168. The Labute approximate surface area is 204 Å². The largest absolute Gasteiger partial charge is 0.465 e. The molecule has 0 unspecified atom stereocenters. The third-order valence-electron chi connectivity index (χ3n) is 6.07. The minimum Gasteiger partial charge on any atom is -0.465 e. The molecule has 0 saturated carbocycles. The molecule has 0 aliphatic carbocycles. The summed E-state index contributed by atoms with van der Waals surface area (Å²) in [6.07, 6.45) is 14.1. The van der Waals surface area contributed by atoms with Gasteiger partial charge in [0.05, 0.1) is 11.6 Å². The molecule has 0 amide bonds. The topological polar surface area (TPSA) is 52.6 Å². The molecule has 1 aromatic rings. The lowest BCUT2D eigenvalue weighted by Gasteiger charge is -2.27. The number of esters is 2. The van der Waals surface area contributed by atoms with Gasteiger partial charge in [-0.1, -0.05) is 108 Å². The Hall–Kier alpha value is -1.26. The number of carbonyl (C=O) groups excluding carboxylic acids is 2. The summed E-state index contributed by atoms with van der Waals surface area (Å²) >= 11 is 12.0. The van der Waals surface area contributed by atoms with Crippen molar-refractivity contribution in [2.24, 2.45) is 5.41 Å². The van der Waals surface area contributed by atoms with Gasteiger partial charge in [0.25, 0.3) is 0 Å². The van der Waals surface area contributed by atoms with Gasteiger partial charge < -0.3 is 9.47 Å². The molecule has 0 radical (unpaired) electrons. The normalized spacial score (nSPS) is 11.4. The molecule has 0 N–H and O–H groups in total. The van der Waals surface area contributed by atoms with Gasteiger partial charge in [-0.25, -0.2) is 0 Å². The minimum atomic E-state index is -1.33. The lowest BCUT2D eigenvalue weighted by Crippen LogP contribution is -2.42. The van der Waals surface area contributed by atoms with Gasteiger partial charge in [-0.05, 0) is 37.5 Å². The fourth-order valence-electron chi connectivity index (χ4n) is 3.74. The average molecular weight is 488 g/mol. The fourth-order valence-corrected chi connectivity index (χ4v) is 4.18. The smallest absolute Gasteiger partial charge is 0.328 e. The van der Waals surface area contributed by atoms with Crippen LogP contribution in [0, 0.1) is 5.41 Å². The van der Waals surface area contributed by atoms with Crippen molar-refractivity contribution in [3.8, 4) is 5.75 Å². The Kier molecular flexibility index (Phi) is 14.7. The molecule has 0 heterocycles. The van der Waals surface area contributed by atoms with Crippen molar-refractivity contribution in [3.05, 3.63) is 28.2 Å². The Morgan fingerprint density at radius 1 is 0.781 bits per heavy atom. The van der Waals surface area contributed by atoms with Crippen LogP contribution in [-0.2, 0) is 14.3 Å². The first-order valence-corrected chi connectivity index (χ1v) is 13.0. The zero-order chi connectivity index (χ0) is 23.8. The number of carbonyl (C=O) groups is 2. The van der Waals surface area contributed by atoms with Crippen LogP contribution >= 0.6 is 23.2 Å². The van der Waals surface area contributed by atoms with Crippen molar-refractivity contribution in [2.45, 2.75) is 104 Å². The van der Waals surface area contributed by atoms with E-state index >= 15 is 0 Å². The predicted molar refractivity (Wildman–Crippen MR) is 133 cm³/mol. The second-order valence-corrected chi connectivity index (χ2v) is 9.27. The van der Waals surface area contributed by atoms with Crippen molar-refractivity contribution in [1.29, 1.82) is 0 Å². The van der Waals surface area contributed by atoms with Crippen LogP contribution in [0.3, 0.4) is 0 Å². The summed E-state index contributed by atoms with van der Waals surface area (Å²) in [4.78, 5) is 25.7. The van der Waals surface area contributed by atoms with Crippen molar-refractivity contribution in [3.63, 3.8) is 0 Å². The van der Waals surface area contributed by atoms with Gasteiger partial charge in [0.15, 0.2) is 5.41 Å². The molecule has 0 atom stereocenters. The molecule has 6 heteroatoms. The van der Waals surface area contributed by atoms with E-state index in [9.17, 15) is 9.59 Å². The molecule has 0 aliphatic rings. The van der Waals surface area contributed by atoms with Crippen molar-refractivity contribution < 1.29 is 19.1 Å². The Morgan fingerprint density at radius 3 is 1.81 bits per heavy atom. The number of rotatable bonds is 17. The summed E-state index contributed by atoms with van der Waals surface area (Å²) in [5, 5.41) is 0.666. The zero-order valence-electron chi connectivity index (χ0n) is 20.0. The van der Waals surface area contributed by atoms with Crippen LogP contribution < -0.4 is 4.74 Å². The first-order valence-electron chi connectivity index (χ1n) is 12.3. The fraction of sp³-hybridized carbons (Fsp3) is 0.692. The number of unbranched alkanes of at least 4 members (excludes halogenated alkanes) is 10. The van der Waals surface area contributed by atoms with Crippen LogP contribution in [0.1, 0.15) is 104 Å². The maximum absolute atomic E-state index is 12.9. The van der Waals surface area contributed by atoms with Crippen molar-refractivity contribution in [1.82, 2.24) is 0 Å². The molecule has 4 nitrogen and oxygen atoms in total. The highest BCUT2D eigenvalue weighted by atomic mass is 35.5. The molecule has 0 spiro atoms. The molecule has 0 fully saturated rings. The van der Waals surface area contributed by atoms with Crippen LogP contribution in [0.2, 0.25) is 10.0 Å². The van der Waals surface area contributed by atoms with E-state index in [4.69, 9.17) is 32.7 Å². The van der Waals surface area contributed by atoms with Crippen molar-refractivity contribution >= 4 is 35.1 Å². The average Bonchev–Trinajstić information content (AvgIpc) is 2.77. The van der Waals surface area contributed by atoms with E-state index in [0.717, 1.165) is 19.3 Å².